The van der Waals surface area contributed by atoms with Gasteiger partial charge in [0.25, 0.3) is 0 Å². The smallest absolute Gasteiger partial charge is 0.159 e. The van der Waals surface area contributed by atoms with E-state index in [-0.39, 0.29) is 5.78 Å². The summed E-state index contributed by atoms with van der Waals surface area (Å²) in [5.41, 5.74) is 2.99. The summed E-state index contributed by atoms with van der Waals surface area (Å²) in [6, 6.07) is 26.5. The maximum Gasteiger partial charge on any atom is 0.159 e. The predicted octanol–water partition coefficient (Wildman–Crippen LogP) is 6.21. The molecule has 0 amide bonds. The number of benzene rings is 3. The van der Waals surface area contributed by atoms with E-state index in [0.717, 1.165) is 16.7 Å². The molecule has 0 fully saturated rings. The van der Waals surface area contributed by atoms with E-state index in [0.29, 0.717) is 0 Å². The topological polar surface area (TPSA) is 17.1 Å². The van der Waals surface area contributed by atoms with Crippen LogP contribution >= 0.6 is 11.8 Å². The van der Waals surface area contributed by atoms with Crippen LogP contribution in [0.1, 0.15) is 28.4 Å². The molecule has 0 N–H and O–H groups in total. The summed E-state index contributed by atoms with van der Waals surface area (Å²) >= 11 is 1.76. The van der Waals surface area contributed by atoms with Crippen LogP contribution in [-0.2, 0) is 0 Å². The first kappa shape index (κ1) is 16.3. The highest BCUT2D eigenvalue weighted by Crippen LogP contribution is 2.27. The van der Waals surface area contributed by atoms with Gasteiger partial charge in [0.15, 0.2) is 5.78 Å². The number of carbonyl (C=O) groups is 1. The van der Waals surface area contributed by atoms with Gasteiger partial charge in [-0.2, -0.15) is 0 Å². The van der Waals surface area contributed by atoms with Crippen LogP contribution in [0.5, 0.6) is 0 Å². The molecule has 0 aromatic heterocycles. The number of hydrogen-bond donors (Lipinski definition) is 0. The molecule has 0 unspecified atom stereocenters. The maximum atomic E-state index is 11.3. The van der Waals surface area contributed by atoms with Gasteiger partial charge in [0.1, 0.15) is 0 Å². The molecule has 0 spiro atoms. The van der Waals surface area contributed by atoms with E-state index in [1.54, 1.807) is 18.7 Å². The molecule has 2 heteroatoms. The Hall–Kier alpha value is -2.58. The van der Waals surface area contributed by atoms with Crippen molar-refractivity contribution in [1.29, 1.82) is 0 Å². The molecule has 0 aliphatic carbocycles. The Balaban J connectivity index is 1.66. The van der Waals surface area contributed by atoms with Gasteiger partial charge in [0.2, 0.25) is 0 Å². The van der Waals surface area contributed by atoms with Crippen molar-refractivity contribution >= 4 is 29.7 Å². The van der Waals surface area contributed by atoms with Gasteiger partial charge in [0, 0.05) is 15.4 Å². The summed E-state index contributed by atoms with van der Waals surface area (Å²) < 4.78 is 0. The normalized spacial score (nSPS) is 10.9. The second kappa shape index (κ2) is 7.80. The van der Waals surface area contributed by atoms with E-state index in [2.05, 4.69) is 60.7 Å². The lowest BCUT2D eigenvalue weighted by molar-refractivity contribution is 0.101. The fraction of sp³-hybridized carbons (Fsp3) is 0.0455. The standard InChI is InChI=1S/C22H18OS/c1-17(23)20-13-9-18(10-14-20)7-8-19-11-15-22(16-12-19)24-21-5-3-2-4-6-21/h2-16H,1H3/b8-7+. The van der Waals surface area contributed by atoms with Gasteiger partial charge >= 0.3 is 0 Å². The second-order valence-electron chi connectivity index (χ2n) is 5.50. The van der Waals surface area contributed by atoms with Crippen LogP contribution in [0.3, 0.4) is 0 Å². The van der Waals surface area contributed by atoms with Crippen LogP contribution in [0.15, 0.2) is 88.7 Å². The highest BCUT2D eigenvalue weighted by atomic mass is 32.2. The Bertz CT molecular complexity index is 831. The monoisotopic (exact) mass is 330 g/mol. The van der Waals surface area contributed by atoms with Gasteiger partial charge in [-0.15, -0.1) is 0 Å². The molecule has 0 radical (unpaired) electrons. The molecule has 3 rings (SSSR count). The Kier molecular flexibility index (Phi) is 5.29. The Morgan fingerprint density at radius 3 is 1.75 bits per heavy atom. The second-order valence-corrected chi connectivity index (χ2v) is 6.64. The summed E-state index contributed by atoms with van der Waals surface area (Å²) in [6.45, 7) is 1.58. The Morgan fingerprint density at radius 2 is 1.21 bits per heavy atom. The number of ketones is 1. The third-order valence-corrected chi connectivity index (χ3v) is 4.66. The van der Waals surface area contributed by atoms with Crippen LogP contribution in [0.4, 0.5) is 0 Å². The predicted molar refractivity (Wildman–Crippen MR) is 102 cm³/mol. The molecule has 0 heterocycles. The summed E-state index contributed by atoms with van der Waals surface area (Å²) in [6.07, 6.45) is 4.14. The van der Waals surface area contributed by atoms with Crippen molar-refractivity contribution in [2.45, 2.75) is 16.7 Å². The van der Waals surface area contributed by atoms with Crippen molar-refractivity contribution in [3.8, 4) is 0 Å². The zero-order chi connectivity index (χ0) is 16.8. The fourth-order valence-electron chi connectivity index (χ4n) is 2.29. The van der Waals surface area contributed by atoms with E-state index in [9.17, 15) is 4.79 Å². The molecular formula is C22H18OS. The van der Waals surface area contributed by atoms with Gasteiger partial charge < -0.3 is 0 Å². The molecule has 1 nitrogen and oxygen atoms in total. The van der Waals surface area contributed by atoms with E-state index in [1.807, 2.05) is 30.3 Å². The van der Waals surface area contributed by atoms with Gasteiger partial charge in [-0.25, -0.2) is 0 Å². The average Bonchev–Trinajstić information content (AvgIpc) is 2.62. The number of hydrogen-bond acceptors (Lipinski definition) is 2. The quantitative estimate of drug-likeness (QED) is 0.408. The van der Waals surface area contributed by atoms with Crippen molar-refractivity contribution in [1.82, 2.24) is 0 Å². The highest BCUT2D eigenvalue weighted by molar-refractivity contribution is 7.99. The third kappa shape index (κ3) is 4.46. The maximum absolute atomic E-state index is 11.3. The molecule has 0 saturated heterocycles. The zero-order valence-electron chi connectivity index (χ0n) is 13.5. The zero-order valence-corrected chi connectivity index (χ0v) is 14.3. The Labute approximate surface area is 147 Å². The minimum Gasteiger partial charge on any atom is -0.295 e. The number of Topliss-reactive ketones (excluding diaryl/α,β-unsaturated/α-hetero) is 1. The van der Waals surface area contributed by atoms with Crippen molar-refractivity contribution in [3.63, 3.8) is 0 Å². The number of rotatable bonds is 5. The minimum absolute atomic E-state index is 0.0945. The van der Waals surface area contributed by atoms with E-state index < -0.39 is 0 Å². The Morgan fingerprint density at radius 1 is 0.708 bits per heavy atom. The van der Waals surface area contributed by atoms with Crippen LogP contribution in [0, 0.1) is 0 Å². The molecule has 0 atom stereocenters. The van der Waals surface area contributed by atoms with Crippen LogP contribution < -0.4 is 0 Å². The van der Waals surface area contributed by atoms with E-state index in [4.69, 9.17) is 0 Å². The summed E-state index contributed by atoms with van der Waals surface area (Å²) in [5.74, 6) is 0.0945. The third-order valence-electron chi connectivity index (χ3n) is 3.64. The minimum atomic E-state index is 0.0945. The molecule has 3 aromatic rings. The van der Waals surface area contributed by atoms with E-state index in [1.165, 1.54) is 9.79 Å². The average molecular weight is 330 g/mol. The SMILES string of the molecule is CC(=O)c1ccc(/C=C/c2ccc(Sc3ccccc3)cc2)cc1. The van der Waals surface area contributed by atoms with Gasteiger partial charge in [-0.05, 0) is 42.3 Å². The van der Waals surface area contributed by atoms with Gasteiger partial charge in [0.05, 0.1) is 0 Å². The lowest BCUT2D eigenvalue weighted by Gasteiger charge is -2.02. The first-order chi connectivity index (χ1) is 11.7. The molecular weight excluding hydrogens is 312 g/mol. The lowest BCUT2D eigenvalue weighted by atomic mass is 10.1. The number of carbonyl (C=O) groups excluding carboxylic acids is 1. The molecule has 0 saturated carbocycles. The summed E-state index contributed by atoms with van der Waals surface area (Å²) in [5, 5.41) is 0. The first-order valence-electron chi connectivity index (χ1n) is 7.83. The lowest BCUT2D eigenvalue weighted by Crippen LogP contribution is -1.90. The van der Waals surface area contributed by atoms with Crippen molar-refractivity contribution in [2.75, 3.05) is 0 Å². The fourth-order valence-corrected chi connectivity index (χ4v) is 3.13. The largest absolute Gasteiger partial charge is 0.295 e. The van der Waals surface area contributed by atoms with Crippen LogP contribution in [0.2, 0.25) is 0 Å². The van der Waals surface area contributed by atoms with Crippen molar-refractivity contribution < 1.29 is 4.79 Å². The first-order valence-corrected chi connectivity index (χ1v) is 8.64. The van der Waals surface area contributed by atoms with Gasteiger partial charge in [-0.1, -0.05) is 78.5 Å². The molecule has 0 bridgehead atoms. The van der Waals surface area contributed by atoms with Crippen LogP contribution in [-0.4, -0.2) is 5.78 Å². The molecule has 0 aliphatic rings. The summed E-state index contributed by atoms with van der Waals surface area (Å²) in [7, 11) is 0. The highest BCUT2D eigenvalue weighted by Gasteiger charge is 1.98. The van der Waals surface area contributed by atoms with Crippen molar-refractivity contribution in [3.05, 3.63) is 95.6 Å². The molecule has 3 aromatic carbocycles. The van der Waals surface area contributed by atoms with Gasteiger partial charge in [-0.3, -0.25) is 4.79 Å². The van der Waals surface area contributed by atoms with Crippen molar-refractivity contribution in [2.24, 2.45) is 0 Å². The molecule has 118 valence electrons. The molecule has 0 aliphatic heterocycles. The molecule has 24 heavy (non-hydrogen) atoms. The summed E-state index contributed by atoms with van der Waals surface area (Å²) in [4.78, 5) is 13.7. The van der Waals surface area contributed by atoms with E-state index >= 15 is 0 Å². The van der Waals surface area contributed by atoms with Crippen LogP contribution in [0.25, 0.3) is 12.2 Å².